The van der Waals surface area contributed by atoms with Crippen LogP contribution in [0.4, 0.5) is 15.8 Å². The number of halogens is 2. The van der Waals surface area contributed by atoms with Crippen LogP contribution in [-0.2, 0) is 0 Å². The summed E-state index contributed by atoms with van der Waals surface area (Å²) in [5, 5.41) is 2.82. The molecular formula is C14H11ClFN3O2. The van der Waals surface area contributed by atoms with E-state index in [0.717, 1.165) is 12.1 Å². The zero-order valence-electron chi connectivity index (χ0n) is 10.7. The molecule has 5 nitrogen and oxygen atoms in total. The van der Waals surface area contributed by atoms with Gasteiger partial charge in [-0.15, -0.1) is 0 Å². The minimum Gasteiger partial charge on any atom is -0.399 e. The molecule has 0 spiro atoms. The number of nitrogen functional groups attached to an aromatic ring is 1. The average molecular weight is 308 g/mol. The van der Waals surface area contributed by atoms with Gasteiger partial charge in [-0.1, -0.05) is 11.6 Å². The highest BCUT2D eigenvalue weighted by Gasteiger charge is 2.12. The van der Waals surface area contributed by atoms with Gasteiger partial charge in [0.15, 0.2) is 0 Å². The quantitative estimate of drug-likeness (QED) is 0.759. The van der Waals surface area contributed by atoms with E-state index < -0.39 is 17.6 Å². The maximum absolute atomic E-state index is 13.3. The first-order chi connectivity index (χ1) is 9.86. The van der Waals surface area contributed by atoms with E-state index in [9.17, 15) is 14.0 Å². The fourth-order valence-electron chi connectivity index (χ4n) is 1.74. The summed E-state index contributed by atoms with van der Waals surface area (Å²) in [6.45, 7) is 0. The van der Waals surface area contributed by atoms with Crippen molar-refractivity contribution in [2.24, 2.45) is 5.73 Å². The van der Waals surface area contributed by atoms with Crippen LogP contribution in [0, 0.1) is 5.82 Å². The third kappa shape index (κ3) is 3.49. The predicted molar refractivity (Wildman–Crippen MR) is 78.7 cm³/mol. The van der Waals surface area contributed by atoms with E-state index in [1.807, 2.05) is 0 Å². The van der Waals surface area contributed by atoms with E-state index in [0.29, 0.717) is 10.7 Å². The Morgan fingerprint density at radius 2 is 1.86 bits per heavy atom. The molecule has 0 aliphatic carbocycles. The molecule has 2 aromatic rings. The third-order valence-corrected chi connectivity index (χ3v) is 2.89. The van der Waals surface area contributed by atoms with Crippen LogP contribution in [0.2, 0.25) is 5.02 Å². The number of nitrogens with two attached hydrogens (primary N) is 2. The topological polar surface area (TPSA) is 98.2 Å². The van der Waals surface area contributed by atoms with Crippen LogP contribution < -0.4 is 16.8 Å². The molecule has 21 heavy (non-hydrogen) atoms. The second kappa shape index (κ2) is 5.80. The molecule has 0 bridgehead atoms. The summed E-state index contributed by atoms with van der Waals surface area (Å²) >= 11 is 5.81. The van der Waals surface area contributed by atoms with Crippen LogP contribution in [0.15, 0.2) is 36.4 Å². The summed E-state index contributed by atoms with van der Waals surface area (Å²) in [5.41, 5.74) is 11.1. The number of rotatable bonds is 3. The molecule has 0 fully saturated rings. The standard InChI is InChI=1S/C14H11ClFN3O2/c15-8-3-7(4-9(17)5-8)14(21)19-10-1-2-12(16)11(6-10)13(18)20/h1-6H,17H2,(H2,18,20)(H,19,21). The number of primary amides is 1. The Labute approximate surface area is 124 Å². The molecule has 2 amide bonds. The highest BCUT2D eigenvalue weighted by atomic mass is 35.5. The molecule has 0 radical (unpaired) electrons. The van der Waals surface area contributed by atoms with Crippen molar-refractivity contribution in [3.8, 4) is 0 Å². The van der Waals surface area contributed by atoms with E-state index in [1.54, 1.807) is 0 Å². The number of carbonyl (C=O) groups excluding carboxylic acids is 2. The maximum atomic E-state index is 13.3. The largest absolute Gasteiger partial charge is 0.399 e. The molecule has 0 saturated heterocycles. The Balaban J connectivity index is 2.27. The smallest absolute Gasteiger partial charge is 0.255 e. The second-order valence-electron chi connectivity index (χ2n) is 4.29. The lowest BCUT2D eigenvalue weighted by Gasteiger charge is -2.08. The van der Waals surface area contributed by atoms with Gasteiger partial charge in [0, 0.05) is 22.0 Å². The molecule has 0 aliphatic heterocycles. The van der Waals surface area contributed by atoms with Gasteiger partial charge in [-0.05, 0) is 36.4 Å². The van der Waals surface area contributed by atoms with E-state index in [1.165, 1.54) is 24.3 Å². The molecule has 0 aromatic heterocycles. The molecule has 0 heterocycles. The Bertz CT molecular complexity index is 714. The number of benzene rings is 2. The number of amides is 2. The third-order valence-electron chi connectivity index (χ3n) is 2.67. The van der Waals surface area contributed by atoms with E-state index in [-0.39, 0.29) is 16.8 Å². The van der Waals surface area contributed by atoms with Gasteiger partial charge in [0.2, 0.25) is 0 Å². The minimum atomic E-state index is -0.921. The van der Waals surface area contributed by atoms with Crippen LogP contribution in [0.1, 0.15) is 20.7 Å². The van der Waals surface area contributed by atoms with Gasteiger partial charge in [0.1, 0.15) is 5.82 Å². The van der Waals surface area contributed by atoms with E-state index >= 15 is 0 Å². The second-order valence-corrected chi connectivity index (χ2v) is 4.72. The summed E-state index contributed by atoms with van der Waals surface area (Å²) in [6.07, 6.45) is 0. The Kier molecular flexibility index (Phi) is 4.09. The van der Waals surface area contributed by atoms with Crippen LogP contribution >= 0.6 is 11.6 Å². The van der Waals surface area contributed by atoms with Crippen LogP contribution in [0.5, 0.6) is 0 Å². The zero-order valence-corrected chi connectivity index (χ0v) is 11.4. The molecule has 5 N–H and O–H groups in total. The minimum absolute atomic E-state index is 0.230. The van der Waals surface area contributed by atoms with Crippen molar-refractivity contribution in [2.45, 2.75) is 0 Å². The van der Waals surface area contributed by atoms with Crippen molar-refractivity contribution in [3.05, 3.63) is 58.4 Å². The SMILES string of the molecule is NC(=O)c1cc(NC(=O)c2cc(N)cc(Cl)c2)ccc1F. The maximum Gasteiger partial charge on any atom is 0.255 e. The van der Waals surface area contributed by atoms with Crippen molar-refractivity contribution in [1.82, 2.24) is 0 Å². The first-order valence-electron chi connectivity index (χ1n) is 5.83. The van der Waals surface area contributed by atoms with E-state index in [2.05, 4.69) is 5.32 Å². The van der Waals surface area contributed by atoms with Crippen molar-refractivity contribution < 1.29 is 14.0 Å². The molecule has 0 atom stereocenters. The molecule has 2 rings (SSSR count). The summed E-state index contributed by atoms with van der Waals surface area (Å²) in [6, 6.07) is 7.89. The van der Waals surface area contributed by atoms with Crippen molar-refractivity contribution in [1.29, 1.82) is 0 Å². The zero-order chi connectivity index (χ0) is 15.6. The Hall–Kier alpha value is -2.60. The summed E-state index contributed by atoms with van der Waals surface area (Å²) < 4.78 is 13.3. The van der Waals surface area contributed by atoms with Crippen LogP contribution in [0.3, 0.4) is 0 Å². The first-order valence-corrected chi connectivity index (χ1v) is 6.21. The number of anilines is 2. The molecule has 7 heteroatoms. The van der Waals surface area contributed by atoms with Gasteiger partial charge in [-0.25, -0.2) is 4.39 Å². The number of carbonyl (C=O) groups is 2. The lowest BCUT2D eigenvalue weighted by atomic mass is 10.1. The average Bonchev–Trinajstić information content (AvgIpc) is 2.39. The first kappa shape index (κ1) is 14.8. The lowest BCUT2D eigenvalue weighted by Crippen LogP contribution is -2.16. The van der Waals surface area contributed by atoms with Crippen LogP contribution in [0.25, 0.3) is 0 Å². The number of hydrogen-bond donors (Lipinski definition) is 3. The summed E-state index contributed by atoms with van der Waals surface area (Å²) in [7, 11) is 0. The molecule has 0 saturated carbocycles. The van der Waals surface area contributed by atoms with Gasteiger partial charge >= 0.3 is 0 Å². The predicted octanol–water partition coefficient (Wildman–Crippen LogP) is 2.41. The van der Waals surface area contributed by atoms with Crippen molar-refractivity contribution in [3.63, 3.8) is 0 Å². The molecule has 2 aromatic carbocycles. The molecular weight excluding hydrogens is 297 g/mol. The number of nitrogens with one attached hydrogen (secondary N) is 1. The normalized spacial score (nSPS) is 10.2. The Morgan fingerprint density at radius 3 is 2.48 bits per heavy atom. The summed E-state index contributed by atoms with van der Waals surface area (Å²) in [4.78, 5) is 23.1. The fourth-order valence-corrected chi connectivity index (χ4v) is 1.98. The van der Waals surface area contributed by atoms with Gasteiger partial charge < -0.3 is 16.8 Å². The summed E-state index contributed by atoms with van der Waals surface area (Å²) in [5.74, 6) is -2.17. The van der Waals surface area contributed by atoms with Gasteiger partial charge in [0.25, 0.3) is 11.8 Å². The van der Waals surface area contributed by atoms with Crippen molar-refractivity contribution >= 4 is 34.8 Å². The van der Waals surface area contributed by atoms with Gasteiger partial charge in [-0.2, -0.15) is 0 Å². The lowest BCUT2D eigenvalue weighted by molar-refractivity contribution is 0.0992. The highest BCUT2D eigenvalue weighted by molar-refractivity contribution is 6.31. The monoisotopic (exact) mass is 307 g/mol. The Morgan fingerprint density at radius 1 is 1.14 bits per heavy atom. The van der Waals surface area contributed by atoms with E-state index in [4.69, 9.17) is 23.1 Å². The van der Waals surface area contributed by atoms with Gasteiger partial charge in [-0.3, -0.25) is 9.59 Å². The number of hydrogen-bond acceptors (Lipinski definition) is 3. The molecule has 108 valence electrons. The fraction of sp³-hybridized carbons (Fsp3) is 0. The highest BCUT2D eigenvalue weighted by Crippen LogP contribution is 2.19. The molecule has 0 unspecified atom stereocenters. The molecule has 0 aliphatic rings. The van der Waals surface area contributed by atoms with Gasteiger partial charge in [0.05, 0.1) is 5.56 Å². The van der Waals surface area contributed by atoms with Crippen LogP contribution in [-0.4, -0.2) is 11.8 Å². The van der Waals surface area contributed by atoms with Crippen molar-refractivity contribution in [2.75, 3.05) is 11.1 Å².